The van der Waals surface area contributed by atoms with Gasteiger partial charge in [0.15, 0.2) is 5.82 Å². The fraction of sp³-hybridized carbons (Fsp3) is 0.312. The number of hydrogen-bond donors (Lipinski definition) is 1. The quantitative estimate of drug-likeness (QED) is 0.276. The van der Waals surface area contributed by atoms with Crippen molar-refractivity contribution in [1.29, 1.82) is 0 Å². The van der Waals surface area contributed by atoms with Crippen molar-refractivity contribution >= 4 is 10.9 Å². The second kappa shape index (κ2) is 11.9. The van der Waals surface area contributed by atoms with Crippen LogP contribution in [0.4, 0.5) is 0 Å². The summed E-state index contributed by atoms with van der Waals surface area (Å²) in [6, 6.07) is 28.4. The van der Waals surface area contributed by atoms with Gasteiger partial charge in [-0.25, -0.2) is 4.68 Å². The summed E-state index contributed by atoms with van der Waals surface area (Å²) in [6.07, 6.45) is 2.89. The highest BCUT2D eigenvalue weighted by molar-refractivity contribution is 5.79. The second-order valence-electron chi connectivity index (χ2n) is 10.6. The minimum absolute atomic E-state index is 0.0623. The van der Waals surface area contributed by atoms with Gasteiger partial charge in [-0.3, -0.25) is 9.69 Å². The number of aryl methyl sites for hydroxylation is 1. The van der Waals surface area contributed by atoms with Crippen molar-refractivity contribution < 1.29 is 4.74 Å². The van der Waals surface area contributed by atoms with Gasteiger partial charge in [-0.2, -0.15) is 0 Å². The number of rotatable bonds is 10. The number of tetrazole rings is 1. The number of nitrogens with zero attached hydrogens (tertiary/aromatic N) is 5. The molecule has 0 spiro atoms. The Morgan fingerprint density at radius 3 is 2.55 bits per heavy atom. The Morgan fingerprint density at radius 2 is 1.80 bits per heavy atom. The zero-order valence-electron chi connectivity index (χ0n) is 22.7. The third kappa shape index (κ3) is 5.88. The molecule has 0 radical (unpaired) electrons. The number of nitrogens with one attached hydrogen (secondary N) is 1. The molecule has 0 saturated carbocycles. The van der Waals surface area contributed by atoms with Crippen LogP contribution in [0.2, 0.25) is 0 Å². The number of ether oxygens (including phenoxy) is 1. The van der Waals surface area contributed by atoms with Gasteiger partial charge in [-0.15, -0.1) is 5.10 Å². The summed E-state index contributed by atoms with van der Waals surface area (Å²) in [5, 5.41) is 14.0. The van der Waals surface area contributed by atoms with Crippen molar-refractivity contribution in [3.63, 3.8) is 0 Å². The minimum Gasteiger partial charge on any atom is -0.376 e. The van der Waals surface area contributed by atoms with Crippen LogP contribution in [-0.2, 0) is 24.2 Å². The molecule has 1 aliphatic rings. The maximum absolute atomic E-state index is 13.8. The van der Waals surface area contributed by atoms with Crippen molar-refractivity contribution in [1.82, 2.24) is 30.1 Å². The summed E-state index contributed by atoms with van der Waals surface area (Å²) >= 11 is 0. The van der Waals surface area contributed by atoms with Crippen LogP contribution in [0, 0.1) is 6.92 Å². The Hall–Kier alpha value is -4.14. The van der Waals surface area contributed by atoms with Gasteiger partial charge < -0.3 is 9.72 Å². The highest BCUT2D eigenvalue weighted by Crippen LogP contribution is 2.29. The van der Waals surface area contributed by atoms with Gasteiger partial charge in [0.25, 0.3) is 5.56 Å². The van der Waals surface area contributed by atoms with Crippen molar-refractivity contribution in [3.05, 3.63) is 123 Å². The van der Waals surface area contributed by atoms with Gasteiger partial charge >= 0.3 is 0 Å². The number of fused-ring (bicyclic) bond motifs is 1. The molecule has 40 heavy (non-hydrogen) atoms. The molecule has 204 valence electrons. The van der Waals surface area contributed by atoms with E-state index in [1.165, 1.54) is 5.56 Å². The van der Waals surface area contributed by atoms with E-state index in [0.29, 0.717) is 31.0 Å². The fourth-order valence-corrected chi connectivity index (χ4v) is 5.60. The number of pyridine rings is 1. The molecule has 1 saturated heterocycles. The molecule has 0 unspecified atom stereocenters. The van der Waals surface area contributed by atoms with Crippen LogP contribution in [0.3, 0.4) is 0 Å². The summed E-state index contributed by atoms with van der Waals surface area (Å²) in [5.41, 5.74) is 4.84. The Balaban J connectivity index is 1.47. The summed E-state index contributed by atoms with van der Waals surface area (Å²) in [7, 11) is 0. The first-order valence-electron chi connectivity index (χ1n) is 14.0. The first-order valence-corrected chi connectivity index (χ1v) is 14.0. The van der Waals surface area contributed by atoms with Crippen molar-refractivity contribution in [2.24, 2.45) is 0 Å². The van der Waals surface area contributed by atoms with Gasteiger partial charge in [-0.1, -0.05) is 72.3 Å². The largest absolute Gasteiger partial charge is 0.376 e. The minimum atomic E-state index is -0.464. The van der Waals surface area contributed by atoms with E-state index in [-0.39, 0.29) is 11.7 Å². The maximum Gasteiger partial charge on any atom is 0.253 e. The van der Waals surface area contributed by atoms with Crippen LogP contribution in [0.1, 0.15) is 47.0 Å². The van der Waals surface area contributed by atoms with Crippen LogP contribution in [0.25, 0.3) is 10.9 Å². The van der Waals surface area contributed by atoms with E-state index < -0.39 is 6.04 Å². The third-order valence-corrected chi connectivity index (χ3v) is 7.65. The van der Waals surface area contributed by atoms with E-state index in [2.05, 4.69) is 74.8 Å². The molecule has 3 heterocycles. The molecule has 8 nitrogen and oxygen atoms in total. The summed E-state index contributed by atoms with van der Waals surface area (Å²) in [4.78, 5) is 19.2. The molecule has 0 amide bonds. The molecule has 5 aromatic rings. The van der Waals surface area contributed by atoms with Crippen LogP contribution >= 0.6 is 0 Å². The number of aromatic nitrogens is 5. The predicted molar refractivity (Wildman–Crippen MR) is 155 cm³/mol. The lowest BCUT2D eigenvalue weighted by atomic mass is 10.0. The Morgan fingerprint density at radius 1 is 1.02 bits per heavy atom. The van der Waals surface area contributed by atoms with Crippen molar-refractivity contribution in [3.8, 4) is 0 Å². The molecular weight excluding hydrogens is 500 g/mol. The van der Waals surface area contributed by atoms with Crippen LogP contribution < -0.4 is 5.56 Å². The average Bonchev–Trinajstić information content (AvgIpc) is 3.66. The molecule has 6 rings (SSSR count). The Bertz CT molecular complexity index is 1610. The van der Waals surface area contributed by atoms with E-state index in [1.54, 1.807) is 0 Å². The molecule has 1 aliphatic heterocycles. The fourth-order valence-electron chi connectivity index (χ4n) is 5.60. The van der Waals surface area contributed by atoms with E-state index in [4.69, 9.17) is 4.74 Å². The lowest BCUT2D eigenvalue weighted by Crippen LogP contribution is -2.37. The highest BCUT2D eigenvalue weighted by atomic mass is 16.5. The molecular formula is C32H34N6O2. The molecule has 8 heteroatoms. The maximum atomic E-state index is 13.8. The SMILES string of the molecule is Cc1ccc2[nH]c(=O)c([C@@H](c3nnnn3C[C@H]3CCCO3)N(CCc3ccccc3)Cc3ccccc3)cc2c1. The van der Waals surface area contributed by atoms with Crippen molar-refractivity contribution in [2.45, 2.75) is 51.4 Å². The second-order valence-corrected chi connectivity index (χ2v) is 10.6. The predicted octanol–water partition coefficient (Wildman–Crippen LogP) is 4.84. The summed E-state index contributed by atoms with van der Waals surface area (Å²) < 4.78 is 7.76. The van der Waals surface area contributed by atoms with E-state index in [1.807, 2.05) is 47.1 Å². The molecule has 0 bridgehead atoms. The number of aromatic amines is 1. The van der Waals surface area contributed by atoms with E-state index in [9.17, 15) is 4.79 Å². The Labute approximate surface area is 233 Å². The molecule has 1 N–H and O–H groups in total. The number of H-pyrrole nitrogens is 1. The lowest BCUT2D eigenvalue weighted by molar-refractivity contribution is 0.0906. The molecule has 1 fully saturated rings. The summed E-state index contributed by atoms with van der Waals surface area (Å²) in [5.74, 6) is 0.650. The zero-order valence-corrected chi connectivity index (χ0v) is 22.7. The smallest absolute Gasteiger partial charge is 0.253 e. The van der Waals surface area contributed by atoms with Crippen LogP contribution in [0.15, 0.2) is 89.7 Å². The van der Waals surface area contributed by atoms with Gasteiger partial charge in [0.2, 0.25) is 0 Å². The zero-order chi connectivity index (χ0) is 27.3. The average molecular weight is 535 g/mol. The first kappa shape index (κ1) is 26.1. The normalized spacial score (nSPS) is 16.1. The lowest BCUT2D eigenvalue weighted by Gasteiger charge is -2.31. The molecule has 2 aromatic heterocycles. The monoisotopic (exact) mass is 534 g/mol. The van der Waals surface area contributed by atoms with Gasteiger partial charge in [-0.05, 0) is 71.3 Å². The number of benzene rings is 3. The standard InChI is InChI=1S/C32H34N6O2/c1-23-14-15-29-26(19-23)20-28(32(39)33-29)30(31-34-35-36-38(31)22-27-13-8-18-40-27)37(21-25-11-6-3-7-12-25)17-16-24-9-4-2-5-10-24/h2-7,9-12,14-15,19-20,27,30H,8,13,16-18,21-22H2,1H3,(H,33,39)/t27-,30+/m1/s1. The van der Waals surface area contributed by atoms with Crippen LogP contribution in [0.5, 0.6) is 0 Å². The van der Waals surface area contributed by atoms with Crippen LogP contribution in [-0.4, -0.2) is 49.3 Å². The number of hydrogen-bond acceptors (Lipinski definition) is 6. The third-order valence-electron chi connectivity index (χ3n) is 7.65. The van der Waals surface area contributed by atoms with Gasteiger partial charge in [0.05, 0.1) is 12.6 Å². The highest BCUT2D eigenvalue weighted by Gasteiger charge is 2.32. The summed E-state index contributed by atoms with van der Waals surface area (Å²) in [6.45, 7) is 4.72. The van der Waals surface area contributed by atoms with Gasteiger partial charge in [0, 0.05) is 30.8 Å². The van der Waals surface area contributed by atoms with E-state index in [0.717, 1.165) is 47.9 Å². The first-order chi connectivity index (χ1) is 19.6. The topological polar surface area (TPSA) is 88.9 Å². The molecule has 2 atom stereocenters. The van der Waals surface area contributed by atoms with E-state index >= 15 is 0 Å². The Kier molecular flexibility index (Phi) is 7.79. The molecule has 3 aromatic carbocycles. The van der Waals surface area contributed by atoms with Crippen molar-refractivity contribution in [2.75, 3.05) is 13.2 Å². The van der Waals surface area contributed by atoms with Gasteiger partial charge in [0.1, 0.15) is 6.04 Å². The molecule has 0 aliphatic carbocycles.